The van der Waals surface area contributed by atoms with Crippen LogP contribution in [0.5, 0.6) is 0 Å². The van der Waals surface area contributed by atoms with Gasteiger partial charge in [-0.05, 0) is 49.8 Å². The first-order valence-electron chi connectivity index (χ1n) is 8.50. The fourth-order valence-corrected chi connectivity index (χ4v) is 3.58. The van der Waals surface area contributed by atoms with Crippen molar-refractivity contribution < 1.29 is 4.79 Å². The van der Waals surface area contributed by atoms with E-state index in [9.17, 15) is 4.79 Å². The molecule has 1 atom stereocenters. The van der Waals surface area contributed by atoms with E-state index >= 15 is 0 Å². The van der Waals surface area contributed by atoms with E-state index in [1.807, 2.05) is 17.3 Å². The number of carbonyl (C=O) groups excluding carboxylic acids is 1. The molecule has 0 aliphatic carbocycles. The number of hydrogen-bond acceptors (Lipinski definition) is 3. The predicted octanol–water partition coefficient (Wildman–Crippen LogP) is 2.54. The summed E-state index contributed by atoms with van der Waals surface area (Å²) in [6.07, 6.45) is 11.7. The minimum atomic E-state index is 0.0555. The Balaban J connectivity index is 1.43. The molecule has 4 heterocycles. The standard InChI is InChI=1S/C18H21N5O/c24-18(15-5-7-20-21-15)23-10-1-3-14(6-11-23)13-16-17-4-2-9-22(17)12-8-19-16/h2,4-5,7-9,12,14H,1,3,6,10-11,13H2,(H,20,21). The van der Waals surface area contributed by atoms with Crippen molar-refractivity contribution in [3.05, 3.63) is 54.4 Å². The first-order chi connectivity index (χ1) is 11.8. The molecule has 124 valence electrons. The van der Waals surface area contributed by atoms with Crippen LogP contribution in [0.3, 0.4) is 0 Å². The third-order valence-corrected chi connectivity index (χ3v) is 4.88. The summed E-state index contributed by atoms with van der Waals surface area (Å²) in [7, 11) is 0. The first kappa shape index (κ1) is 14.9. The van der Waals surface area contributed by atoms with Gasteiger partial charge in [0.2, 0.25) is 0 Å². The molecule has 6 nitrogen and oxygen atoms in total. The Morgan fingerprint density at radius 1 is 1.21 bits per heavy atom. The summed E-state index contributed by atoms with van der Waals surface area (Å²) in [4.78, 5) is 19.0. The Bertz CT molecular complexity index is 823. The van der Waals surface area contributed by atoms with Gasteiger partial charge in [0.15, 0.2) is 0 Å². The average Bonchev–Trinajstić information content (AvgIpc) is 3.24. The smallest absolute Gasteiger partial charge is 0.271 e. The SMILES string of the molecule is O=C(c1ccn[nH]1)N1CCCC(Cc2nccn3cccc23)CC1. The van der Waals surface area contributed by atoms with Gasteiger partial charge < -0.3 is 9.30 Å². The Morgan fingerprint density at radius 2 is 2.17 bits per heavy atom. The third kappa shape index (κ3) is 2.91. The molecular weight excluding hydrogens is 302 g/mol. The number of carbonyl (C=O) groups is 1. The zero-order valence-electron chi connectivity index (χ0n) is 13.6. The number of nitrogens with one attached hydrogen (secondary N) is 1. The molecule has 0 aromatic carbocycles. The number of H-pyrrole nitrogens is 1. The lowest BCUT2D eigenvalue weighted by atomic mass is 9.95. The third-order valence-electron chi connectivity index (χ3n) is 4.88. The van der Waals surface area contributed by atoms with Gasteiger partial charge in [0, 0.05) is 37.9 Å². The number of nitrogens with zero attached hydrogens (tertiary/aromatic N) is 4. The van der Waals surface area contributed by atoms with Crippen LogP contribution in [0, 0.1) is 5.92 Å². The van der Waals surface area contributed by atoms with Crippen LogP contribution in [0.2, 0.25) is 0 Å². The second kappa shape index (κ2) is 6.47. The molecule has 0 spiro atoms. The normalized spacial score (nSPS) is 18.7. The number of likely N-dealkylation sites (tertiary alicyclic amines) is 1. The van der Waals surface area contributed by atoms with E-state index in [0.29, 0.717) is 11.6 Å². The Hall–Kier alpha value is -2.63. The van der Waals surface area contributed by atoms with E-state index in [-0.39, 0.29) is 5.91 Å². The van der Waals surface area contributed by atoms with E-state index in [1.165, 1.54) is 5.52 Å². The number of aromatic amines is 1. The molecule has 1 aliphatic heterocycles. The fourth-order valence-electron chi connectivity index (χ4n) is 3.58. The molecule has 3 aromatic heterocycles. The quantitative estimate of drug-likeness (QED) is 0.805. The monoisotopic (exact) mass is 323 g/mol. The summed E-state index contributed by atoms with van der Waals surface area (Å²) in [5.41, 5.74) is 2.92. The van der Waals surface area contributed by atoms with Crippen molar-refractivity contribution >= 4 is 11.4 Å². The number of amides is 1. The van der Waals surface area contributed by atoms with Gasteiger partial charge in [-0.3, -0.25) is 14.9 Å². The highest BCUT2D eigenvalue weighted by atomic mass is 16.2. The largest absolute Gasteiger partial charge is 0.337 e. The maximum Gasteiger partial charge on any atom is 0.271 e. The van der Waals surface area contributed by atoms with Gasteiger partial charge >= 0.3 is 0 Å². The fraction of sp³-hybridized carbons (Fsp3) is 0.389. The van der Waals surface area contributed by atoms with Crippen molar-refractivity contribution in [2.75, 3.05) is 13.1 Å². The molecule has 0 bridgehead atoms. The summed E-state index contributed by atoms with van der Waals surface area (Å²) < 4.78 is 2.12. The van der Waals surface area contributed by atoms with Crippen molar-refractivity contribution in [2.45, 2.75) is 25.7 Å². The average molecular weight is 323 g/mol. The van der Waals surface area contributed by atoms with Crippen molar-refractivity contribution in [2.24, 2.45) is 5.92 Å². The summed E-state index contributed by atoms with van der Waals surface area (Å²) in [5, 5.41) is 6.64. The molecule has 0 saturated carbocycles. The number of rotatable bonds is 3. The molecule has 6 heteroatoms. The molecule has 24 heavy (non-hydrogen) atoms. The topological polar surface area (TPSA) is 66.3 Å². The Kier molecular flexibility index (Phi) is 4.02. The summed E-state index contributed by atoms with van der Waals surface area (Å²) in [6.45, 7) is 1.61. The molecular formula is C18H21N5O. The maximum atomic E-state index is 12.5. The van der Waals surface area contributed by atoms with Crippen LogP contribution in [0.25, 0.3) is 5.52 Å². The summed E-state index contributed by atoms with van der Waals surface area (Å²) in [6, 6.07) is 5.91. The predicted molar refractivity (Wildman–Crippen MR) is 90.7 cm³/mol. The van der Waals surface area contributed by atoms with E-state index < -0.39 is 0 Å². The van der Waals surface area contributed by atoms with Gasteiger partial charge in [-0.15, -0.1) is 0 Å². The summed E-state index contributed by atoms with van der Waals surface area (Å²) >= 11 is 0. The van der Waals surface area contributed by atoms with Crippen LogP contribution in [0.4, 0.5) is 0 Å². The van der Waals surface area contributed by atoms with Crippen molar-refractivity contribution in [1.29, 1.82) is 0 Å². The number of fused-ring (bicyclic) bond motifs is 1. The highest BCUT2D eigenvalue weighted by Gasteiger charge is 2.23. The van der Waals surface area contributed by atoms with Crippen molar-refractivity contribution in [3.63, 3.8) is 0 Å². The van der Waals surface area contributed by atoms with Crippen LogP contribution >= 0.6 is 0 Å². The second-order valence-corrected chi connectivity index (χ2v) is 6.44. The second-order valence-electron chi connectivity index (χ2n) is 6.44. The molecule has 1 aliphatic rings. The van der Waals surface area contributed by atoms with Crippen molar-refractivity contribution in [3.8, 4) is 0 Å². The van der Waals surface area contributed by atoms with Crippen LogP contribution in [-0.2, 0) is 6.42 Å². The molecule has 3 aromatic rings. The molecule has 0 radical (unpaired) electrons. The zero-order chi connectivity index (χ0) is 16.4. The minimum absolute atomic E-state index is 0.0555. The Labute approximate surface area is 140 Å². The van der Waals surface area contributed by atoms with Gasteiger partial charge in [-0.2, -0.15) is 5.10 Å². The molecule has 1 fully saturated rings. The van der Waals surface area contributed by atoms with Gasteiger partial charge in [0.25, 0.3) is 5.91 Å². The lowest BCUT2D eigenvalue weighted by Crippen LogP contribution is -2.32. The van der Waals surface area contributed by atoms with E-state index in [2.05, 4.69) is 37.9 Å². The number of hydrogen-bond donors (Lipinski definition) is 1. The van der Waals surface area contributed by atoms with Crippen LogP contribution in [0.1, 0.15) is 35.4 Å². The first-order valence-corrected chi connectivity index (χ1v) is 8.50. The zero-order valence-corrected chi connectivity index (χ0v) is 13.6. The highest BCUT2D eigenvalue weighted by Crippen LogP contribution is 2.23. The molecule has 4 rings (SSSR count). The summed E-state index contributed by atoms with van der Waals surface area (Å²) in [5.74, 6) is 0.623. The lowest BCUT2D eigenvalue weighted by molar-refractivity contribution is 0.0754. The van der Waals surface area contributed by atoms with Crippen molar-refractivity contribution in [1.82, 2.24) is 24.5 Å². The maximum absolute atomic E-state index is 12.5. The molecule has 1 saturated heterocycles. The van der Waals surface area contributed by atoms with Crippen LogP contribution in [-0.4, -0.2) is 43.5 Å². The van der Waals surface area contributed by atoms with Gasteiger partial charge in [-0.1, -0.05) is 0 Å². The Morgan fingerprint density at radius 3 is 3.04 bits per heavy atom. The van der Waals surface area contributed by atoms with E-state index in [0.717, 1.165) is 44.5 Å². The van der Waals surface area contributed by atoms with Crippen LogP contribution in [0.15, 0.2) is 43.0 Å². The van der Waals surface area contributed by atoms with Gasteiger partial charge in [0.1, 0.15) is 5.69 Å². The lowest BCUT2D eigenvalue weighted by Gasteiger charge is -2.19. The molecule has 1 unspecified atom stereocenters. The van der Waals surface area contributed by atoms with E-state index in [1.54, 1.807) is 12.3 Å². The highest BCUT2D eigenvalue weighted by molar-refractivity contribution is 5.92. The van der Waals surface area contributed by atoms with Crippen LogP contribution < -0.4 is 0 Å². The van der Waals surface area contributed by atoms with Gasteiger partial charge in [-0.25, -0.2) is 0 Å². The van der Waals surface area contributed by atoms with Gasteiger partial charge in [0.05, 0.1) is 11.2 Å². The molecule has 1 N–H and O–H groups in total. The minimum Gasteiger partial charge on any atom is -0.337 e. The molecule has 1 amide bonds. The van der Waals surface area contributed by atoms with E-state index in [4.69, 9.17) is 0 Å². The number of aromatic nitrogens is 4.